The summed E-state index contributed by atoms with van der Waals surface area (Å²) in [4.78, 5) is 0. The minimum atomic E-state index is 0.407. The Hall–Kier alpha value is -0.720. The summed E-state index contributed by atoms with van der Waals surface area (Å²) in [6, 6.07) is 5.11. The van der Waals surface area contributed by atoms with Crippen molar-refractivity contribution in [3.05, 3.63) is 24.0 Å². The molecule has 0 saturated carbocycles. The van der Waals surface area contributed by atoms with Crippen LogP contribution in [-0.2, 0) is 6.42 Å². The normalized spacial score (nSPS) is 22.8. The molecule has 0 saturated heterocycles. The quantitative estimate of drug-likeness (QED) is 0.554. The maximum absolute atomic E-state index is 2.44. The van der Waals surface area contributed by atoms with Gasteiger partial charge in [0.15, 0.2) is 0 Å². The average Bonchev–Trinajstić information content (AvgIpc) is 2.37. The Kier molecular flexibility index (Phi) is 1.57. The molecule has 0 radical (unpaired) electrons. The molecule has 1 heteroatoms. The molecular weight excluding hydrogens is 146 g/mol. The van der Waals surface area contributed by atoms with Crippen molar-refractivity contribution in [1.82, 2.24) is 4.57 Å². The molecular formula is C11H17N. The van der Waals surface area contributed by atoms with Crippen LogP contribution in [0.1, 0.15) is 38.9 Å². The molecule has 1 aromatic rings. The SMILES string of the molecule is CC(C)(C)C1CCc2cccn21. The van der Waals surface area contributed by atoms with E-state index in [2.05, 4.69) is 43.7 Å². The summed E-state index contributed by atoms with van der Waals surface area (Å²) in [7, 11) is 0. The lowest BCUT2D eigenvalue weighted by Gasteiger charge is -2.28. The molecule has 1 aliphatic rings. The van der Waals surface area contributed by atoms with Gasteiger partial charge in [0.25, 0.3) is 0 Å². The maximum Gasteiger partial charge on any atom is 0.0385 e. The first kappa shape index (κ1) is 7.90. The molecule has 66 valence electrons. The molecule has 12 heavy (non-hydrogen) atoms. The average molecular weight is 163 g/mol. The zero-order valence-corrected chi connectivity index (χ0v) is 8.17. The van der Waals surface area contributed by atoms with Crippen LogP contribution in [0.25, 0.3) is 0 Å². The summed E-state index contributed by atoms with van der Waals surface area (Å²) in [5.41, 5.74) is 1.92. The number of nitrogens with zero attached hydrogens (tertiary/aromatic N) is 1. The summed E-state index contributed by atoms with van der Waals surface area (Å²) >= 11 is 0. The van der Waals surface area contributed by atoms with Crippen molar-refractivity contribution in [2.24, 2.45) is 5.41 Å². The molecule has 0 N–H and O–H groups in total. The van der Waals surface area contributed by atoms with Crippen molar-refractivity contribution in [2.75, 3.05) is 0 Å². The molecule has 0 fully saturated rings. The van der Waals surface area contributed by atoms with Crippen molar-refractivity contribution < 1.29 is 0 Å². The molecule has 1 atom stereocenters. The highest BCUT2D eigenvalue weighted by atomic mass is 15.0. The van der Waals surface area contributed by atoms with Gasteiger partial charge in [0.1, 0.15) is 0 Å². The number of aromatic nitrogens is 1. The van der Waals surface area contributed by atoms with Gasteiger partial charge in [-0.25, -0.2) is 0 Å². The van der Waals surface area contributed by atoms with Crippen molar-refractivity contribution in [3.63, 3.8) is 0 Å². The Morgan fingerprint density at radius 3 is 2.83 bits per heavy atom. The van der Waals surface area contributed by atoms with Gasteiger partial charge < -0.3 is 4.57 Å². The molecule has 1 unspecified atom stereocenters. The third kappa shape index (κ3) is 1.08. The maximum atomic E-state index is 2.44. The molecule has 0 amide bonds. The Labute approximate surface area is 74.4 Å². The lowest BCUT2D eigenvalue weighted by molar-refractivity contribution is 0.251. The second-order valence-electron chi connectivity index (χ2n) is 4.83. The van der Waals surface area contributed by atoms with Crippen molar-refractivity contribution >= 4 is 0 Å². The molecule has 0 aliphatic carbocycles. The van der Waals surface area contributed by atoms with E-state index >= 15 is 0 Å². The minimum Gasteiger partial charge on any atom is -0.348 e. The van der Waals surface area contributed by atoms with Crippen LogP contribution in [0, 0.1) is 5.41 Å². The smallest absolute Gasteiger partial charge is 0.0385 e. The first-order valence-corrected chi connectivity index (χ1v) is 4.75. The fourth-order valence-electron chi connectivity index (χ4n) is 2.22. The van der Waals surface area contributed by atoms with E-state index in [-0.39, 0.29) is 0 Å². The summed E-state index contributed by atoms with van der Waals surface area (Å²) < 4.78 is 2.44. The van der Waals surface area contributed by atoms with Gasteiger partial charge in [-0.3, -0.25) is 0 Å². The molecule has 0 aromatic carbocycles. The molecule has 2 heterocycles. The van der Waals surface area contributed by atoms with Gasteiger partial charge in [0.2, 0.25) is 0 Å². The van der Waals surface area contributed by atoms with Crippen molar-refractivity contribution in [2.45, 2.75) is 39.7 Å². The Balaban J connectivity index is 2.34. The number of hydrogen-bond acceptors (Lipinski definition) is 0. The van der Waals surface area contributed by atoms with Crippen LogP contribution in [0.4, 0.5) is 0 Å². The highest BCUT2D eigenvalue weighted by Crippen LogP contribution is 2.39. The number of fused-ring (bicyclic) bond motifs is 1. The van der Waals surface area contributed by atoms with Gasteiger partial charge in [-0.2, -0.15) is 0 Å². The molecule has 1 aromatic heterocycles. The van der Waals surface area contributed by atoms with Crippen molar-refractivity contribution in [1.29, 1.82) is 0 Å². The molecule has 0 bridgehead atoms. The van der Waals surface area contributed by atoms with E-state index in [1.165, 1.54) is 18.5 Å². The summed E-state index contributed by atoms with van der Waals surface area (Å²) in [6.45, 7) is 6.98. The Morgan fingerprint density at radius 1 is 1.42 bits per heavy atom. The zero-order valence-electron chi connectivity index (χ0n) is 8.17. The van der Waals surface area contributed by atoms with E-state index in [0.717, 1.165) is 0 Å². The lowest BCUT2D eigenvalue weighted by atomic mass is 9.85. The van der Waals surface area contributed by atoms with Gasteiger partial charge in [-0.1, -0.05) is 20.8 Å². The molecule has 2 rings (SSSR count). The van der Waals surface area contributed by atoms with Crippen LogP contribution >= 0.6 is 0 Å². The number of hydrogen-bond donors (Lipinski definition) is 0. The van der Waals surface area contributed by atoms with Gasteiger partial charge >= 0.3 is 0 Å². The second kappa shape index (κ2) is 2.38. The largest absolute Gasteiger partial charge is 0.348 e. The van der Waals surface area contributed by atoms with E-state index in [4.69, 9.17) is 0 Å². The van der Waals surface area contributed by atoms with Gasteiger partial charge in [-0.15, -0.1) is 0 Å². The first-order valence-electron chi connectivity index (χ1n) is 4.75. The topological polar surface area (TPSA) is 4.93 Å². The Morgan fingerprint density at radius 2 is 2.17 bits per heavy atom. The standard InChI is InChI=1S/C11H17N/c1-11(2,3)10-7-6-9-5-4-8-12(9)10/h4-5,8,10H,6-7H2,1-3H3. The van der Waals surface area contributed by atoms with E-state index in [0.29, 0.717) is 11.5 Å². The molecule has 0 spiro atoms. The van der Waals surface area contributed by atoms with Crippen LogP contribution in [0.3, 0.4) is 0 Å². The number of aryl methyl sites for hydroxylation is 1. The van der Waals surface area contributed by atoms with Crippen LogP contribution in [0.15, 0.2) is 18.3 Å². The minimum absolute atomic E-state index is 0.407. The summed E-state index contributed by atoms with van der Waals surface area (Å²) in [5.74, 6) is 0. The van der Waals surface area contributed by atoms with E-state index in [1.807, 2.05) is 0 Å². The fourth-order valence-corrected chi connectivity index (χ4v) is 2.22. The predicted octanol–water partition coefficient (Wildman–Crippen LogP) is 3.02. The predicted molar refractivity (Wildman–Crippen MR) is 51.2 cm³/mol. The van der Waals surface area contributed by atoms with Gasteiger partial charge in [0.05, 0.1) is 0 Å². The van der Waals surface area contributed by atoms with Gasteiger partial charge in [0, 0.05) is 17.9 Å². The first-order chi connectivity index (χ1) is 5.59. The molecule has 1 nitrogen and oxygen atoms in total. The Bertz CT molecular complexity index is 277. The second-order valence-corrected chi connectivity index (χ2v) is 4.83. The van der Waals surface area contributed by atoms with Crippen LogP contribution in [0.5, 0.6) is 0 Å². The van der Waals surface area contributed by atoms with Crippen LogP contribution in [-0.4, -0.2) is 4.57 Å². The highest BCUT2D eigenvalue weighted by molar-refractivity contribution is 5.14. The van der Waals surface area contributed by atoms with Crippen LogP contribution < -0.4 is 0 Å². The van der Waals surface area contributed by atoms with E-state index in [9.17, 15) is 0 Å². The number of rotatable bonds is 0. The summed E-state index contributed by atoms with van der Waals surface area (Å²) in [5, 5.41) is 0. The third-order valence-corrected chi connectivity index (χ3v) is 2.88. The highest BCUT2D eigenvalue weighted by Gasteiger charge is 2.30. The zero-order chi connectivity index (χ0) is 8.77. The third-order valence-electron chi connectivity index (χ3n) is 2.88. The van der Waals surface area contributed by atoms with Gasteiger partial charge in [-0.05, 0) is 30.4 Å². The van der Waals surface area contributed by atoms with Crippen molar-refractivity contribution in [3.8, 4) is 0 Å². The molecule has 1 aliphatic heterocycles. The van der Waals surface area contributed by atoms with E-state index in [1.54, 1.807) is 0 Å². The van der Waals surface area contributed by atoms with Crippen LogP contribution in [0.2, 0.25) is 0 Å². The lowest BCUT2D eigenvalue weighted by Crippen LogP contribution is -2.20. The monoisotopic (exact) mass is 163 g/mol. The summed E-state index contributed by atoms with van der Waals surface area (Å²) in [6.07, 6.45) is 4.80. The fraction of sp³-hybridized carbons (Fsp3) is 0.636. The van der Waals surface area contributed by atoms with E-state index < -0.39 is 0 Å².